The summed E-state index contributed by atoms with van der Waals surface area (Å²) in [5.41, 5.74) is 2.78. The van der Waals surface area contributed by atoms with E-state index in [9.17, 15) is 4.79 Å². The molecular weight excluding hydrogens is 304 g/mol. The number of piperidine rings is 1. The van der Waals surface area contributed by atoms with E-state index in [4.69, 9.17) is 0 Å². The highest BCUT2D eigenvalue weighted by Crippen LogP contribution is 2.35. The van der Waals surface area contributed by atoms with Gasteiger partial charge in [0.25, 0.3) is 5.56 Å². The molecule has 1 saturated heterocycles. The SMILES string of the molecule is CSc1ccc(CN2CC3CC(C2)c2cccc(=O)n2C3)cc1. The van der Waals surface area contributed by atoms with Gasteiger partial charge in [-0.25, -0.2) is 0 Å². The molecule has 2 unspecified atom stereocenters. The molecule has 120 valence electrons. The first-order chi connectivity index (χ1) is 11.2. The van der Waals surface area contributed by atoms with Gasteiger partial charge >= 0.3 is 0 Å². The number of thioether (sulfide) groups is 1. The normalized spacial score (nSPS) is 23.5. The van der Waals surface area contributed by atoms with Crippen molar-refractivity contribution in [3.05, 3.63) is 64.1 Å². The van der Waals surface area contributed by atoms with E-state index in [0.717, 1.165) is 26.2 Å². The van der Waals surface area contributed by atoms with E-state index in [1.807, 2.05) is 10.6 Å². The third-order valence-corrected chi connectivity index (χ3v) is 5.86. The largest absolute Gasteiger partial charge is 0.312 e. The summed E-state index contributed by atoms with van der Waals surface area (Å²) in [6.45, 7) is 4.05. The summed E-state index contributed by atoms with van der Waals surface area (Å²) >= 11 is 1.78. The Hall–Kier alpha value is -1.52. The number of benzene rings is 1. The standard InChI is InChI=1S/C19H22N2OS/c1-23-17-7-5-14(6-8-17)10-20-11-15-9-16(13-20)18-3-2-4-19(22)21(18)12-15/h2-8,15-16H,9-13H2,1H3. The van der Waals surface area contributed by atoms with Gasteiger partial charge in [0, 0.05) is 48.8 Å². The molecule has 0 N–H and O–H groups in total. The predicted octanol–water partition coefficient (Wildman–Crippen LogP) is 3.19. The number of fused-ring (bicyclic) bond motifs is 4. The molecule has 0 aliphatic carbocycles. The van der Waals surface area contributed by atoms with Gasteiger partial charge in [0.05, 0.1) is 0 Å². The average Bonchev–Trinajstić information content (AvgIpc) is 2.57. The average molecular weight is 326 g/mol. The number of pyridine rings is 1. The Morgan fingerprint density at radius 3 is 2.70 bits per heavy atom. The summed E-state index contributed by atoms with van der Waals surface area (Å²) in [4.78, 5) is 16.0. The van der Waals surface area contributed by atoms with Crippen LogP contribution in [0.3, 0.4) is 0 Å². The van der Waals surface area contributed by atoms with Gasteiger partial charge in [-0.1, -0.05) is 18.2 Å². The molecule has 2 bridgehead atoms. The van der Waals surface area contributed by atoms with E-state index in [1.165, 1.54) is 22.6 Å². The second kappa shape index (κ2) is 6.17. The molecule has 2 aliphatic rings. The lowest BCUT2D eigenvalue weighted by atomic mass is 9.83. The molecule has 2 atom stereocenters. The molecule has 0 radical (unpaired) electrons. The molecule has 0 amide bonds. The van der Waals surface area contributed by atoms with Crippen LogP contribution in [0.4, 0.5) is 0 Å². The fourth-order valence-electron chi connectivity index (χ4n) is 4.11. The summed E-state index contributed by atoms with van der Waals surface area (Å²) in [5.74, 6) is 1.11. The van der Waals surface area contributed by atoms with Gasteiger partial charge in [-0.2, -0.15) is 0 Å². The lowest BCUT2D eigenvalue weighted by molar-refractivity contribution is 0.114. The van der Waals surface area contributed by atoms with Crippen LogP contribution in [0.2, 0.25) is 0 Å². The maximum absolute atomic E-state index is 12.1. The van der Waals surface area contributed by atoms with E-state index in [1.54, 1.807) is 17.8 Å². The van der Waals surface area contributed by atoms with Crippen molar-refractivity contribution < 1.29 is 0 Å². The van der Waals surface area contributed by atoms with Gasteiger partial charge in [0.2, 0.25) is 0 Å². The number of hydrogen-bond acceptors (Lipinski definition) is 3. The zero-order valence-electron chi connectivity index (χ0n) is 13.4. The highest BCUT2D eigenvalue weighted by atomic mass is 32.2. The minimum absolute atomic E-state index is 0.165. The minimum Gasteiger partial charge on any atom is -0.312 e. The van der Waals surface area contributed by atoms with E-state index in [-0.39, 0.29) is 5.56 Å². The lowest BCUT2D eigenvalue weighted by Crippen LogP contribution is -2.46. The molecule has 0 spiro atoms. The van der Waals surface area contributed by atoms with Crippen molar-refractivity contribution in [2.75, 3.05) is 19.3 Å². The number of nitrogens with zero attached hydrogens (tertiary/aromatic N) is 2. The first kappa shape index (κ1) is 15.0. The first-order valence-corrected chi connectivity index (χ1v) is 9.50. The van der Waals surface area contributed by atoms with Crippen LogP contribution < -0.4 is 5.56 Å². The van der Waals surface area contributed by atoms with Gasteiger partial charge in [0.15, 0.2) is 0 Å². The first-order valence-electron chi connectivity index (χ1n) is 8.28. The van der Waals surface area contributed by atoms with Crippen molar-refractivity contribution in [2.45, 2.75) is 30.3 Å². The van der Waals surface area contributed by atoms with Crippen LogP contribution >= 0.6 is 11.8 Å². The zero-order valence-corrected chi connectivity index (χ0v) is 14.3. The van der Waals surface area contributed by atoms with Crippen molar-refractivity contribution >= 4 is 11.8 Å². The van der Waals surface area contributed by atoms with Crippen LogP contribution in [-0.2, 0) is 13.1 Å². The summed E-state index contributed by atoms with van der Waals surface area (Å²) in [5, 5.41) is 0. The van der Waals surface area contributed by atoms with Crippen LogP contribution in [0.1, 0.15) is 23.6 Å². The summed E-state index contributed by atoms with van der Waals surface area (Å²) < 4.78 is 2.00. The molecule has 4 heteroatoms. The lowest BCUT2D eigenvalue weighted by Gasteiger charge is -2.42. The molecule has 4 rings (SSSR count). The van der Waals surface area contributed by atoms with Gasteiger partial charge in [-0.05, 0) is 42.4 Å². The summed E-state index contributed by atoms with van der Waals surface area (Å²) in [7, 11) is 0. The second-order valence-electron chi connectivity index (χ2n) is 6.74. The fourth-order valence-corrected chi connectivity index (χ4v) is 4.52. The summed E-state index contributed by atoms with van der Waals surface area (Å²) in [6, 6.07) is 14.6. The zero-order chi connectivity index (χ0) is 15.8. The van der Waals surface area contributed by atoms with Crippen LogP contribution in [0.5, 0.6) is 0 Å². The number of aromatic nitrogens is 1. The van der Waals surface area contributed by atoms with Crippen molar-refractivity contribution in [2.24, 2.45) is 5.92 Å². The Morgan fingerprint density at radius 1 is 1.09 bits per heavy atom. The predicted molar refractivity (Wildman–Crippen MR) is 95.1 cm³/mol. The smallest absolute Gasteiger partial charge is 0.250 e. The third kappa shape index (κ3) is 2.98. The molecule has 1 aromatic carbocycles. The maximum atomic E-state index is 12.1. The van der Waals surface area contributed by atoms with Crippen molar-refractivity contribution in [3.8, 4) is 0 Å². The highest BCUT2D eigenvalue weighted by Gasteiger charge is 2.34. The van der Waals surface area contributed by atoms with Gasteiger partial charge in [-0.3, -0.25) is 9.69 Å². The summed E-state index contributed by atoms with van der Waals surface area (Å²) in [6.07, 6.45) is 3.34. The molecular formula is C19H22N2OS. The van der Waals surface area contributed by atoms with Gasteiger partial charge in [0.1, 0.15) is 0 Å². The quantitative estimate of drug-likeness (QED) is 0.810. The monoisotopic (exact) mass is 326 g/mol. The van der Waals surface area contributed by atoms with Crippen molar-refractivity contribution in [1.82, 2.24) is 9.47 Å². The van der Waals surface area contributed by atoms with Gasteiger partial charge in [-0.15, -0.1) is 11.8 Å². The molecule has 3 heterocycles. The number of rotatable bonds is 3. The Morgan fingerprint density at radius 2 is 1.91 bits per heavy atom. The van der Waals surface area contributed by atoms with Crippen molar-refractivity contribution in [3.63, 3.8) is 0 Å². The van der Waals surface area contributed by atoms with E-state index >= 15 is 0 Å². The number of likely N-dealkylation sites (tertiary alicyclic amines) is 1. The topological polar surface area (TPSA) is 25.2 Å². The van der Waals surface area contributed by atoms with E-state index in [2.05, 4.69) is 41.5 Å². The fraction of sp³-hybridized carbons (Fsp3) is 0.421. The van der Waals surface area contributed by atoms with Crippen molar-refractivity contribution in [1.29, 1.82) is 0 Å². The van der Waals surface area contributed by atoms with Crippen LogP contribution in [0, 0.1) is 5.92 Å². The van der Waals surface area contributed by atoms with Gasteiger partial charge < -0.3 is 4.57 Å². The van der Waals surface area contributed by atoms with Crippen LogP contribution in [0.15, 0.2) is 52.2 Å². The van der Waals surface area contributed by atoms with Crippen LogP contribution in [0.25, 0.3) is 0 Å². The minimum atomic E-state index is 0.165. The maximum Gasteiger partial charge on any atom is 0.250 e. The van der Waals surface area contributed by atoms with Crippen LogP contribution in [-0.4, -0.2) is 28.8 Å². The van der Waals surface area contributed by atoms with E-state index < -0.39 is 0 Å². The molecule has 2 aliphatic heterocycles. The Bertz CT molecular complexity index is 753. The molecule has 1 fully saturated rings. The third-order valence-electron chi connectivity index (χ3n) is 5.12. The highest BCUT2D eigenvalue weighted by molar-refractivity contribution is 7.98. The Kier molecular flexibility index (Phi) is 4.04. The van der Waals surface area contributed by atoms with E-state index in [0.29, 0.717) is 11.8 Å². The number of hydrogen-bond donors (Lipinski definition) is 0. The molecule has 0 saturated carbocycles. The second-order valence-corrected chi connectivity index (χ2v) is 7.62. The molecule has 1 aromatic heterocycles. The Labute approximate surface area is 141 Å². The molecule has 23 heavy (non-hydrogen) atoms. The molecule has 2 aromatic rings. The molecule has 3 nitrogen and oxygen atoms in total. The Balaban J connectivity index is 1.52.